The second kappa shape index (κ2) is 9.72. The number of benzene rings is 2. The fourth-order valence-electron chi connectivity index (χ4n) is 4.25. The lowest BCUT2D eigenvalue weighted by Gasteiger charge is -2.29. The molecule has 3 heterocycles. The molecule has 33 heavy (non-hydrogen) atoms. The third-order valence-corrected chi connectivity index (χ3v) is 6.29. The number of nitrogens with one attached hydrogen (secondary N) is 2. The topological polar surface area (TPSA) is 65.6 Å². The number of fused-ring (bicyclic) bond motifs is 1. The van der Waals surface area contributed by atoms with Crippen LogP contribution in [0.25, 0.3) is 0 Å². The number of anilines is 3. The maximum Gasteiger partial charge on any atom is 0.232 e. The molecule has 1 fully saturated rings. The highest BCUT2D eigenvalue weighted by atomic mass is 32.1. The quantitative estimate of drug-likeness (QED) is 0.556. The van der Waals surface area contributed by atoms with Crippen LogP contribution in [0, 0.1) is 0 Å². The smallest absolute Gasteiger partial charge is 0.232 e. The van der Waals surface area contributed by atoms with Crippen LogP contribution in [0.4, 0.5) is 17.6 Å². The normalized spacial score (nSPS) is 16.3. The lowest BCUT2D eigenvalue weighted by atomic mass is 10.1. The van der Waals surface area contributed by atoms with Crippen molar-refractivity contribution >= 4 is 34.9 Å². The second-order valence-corrected chi connectivity index (χ2v) is 8.77. The molecule has 5 rings (SSSR count). The summed E-state index contributed by atoms with van der Waals surface area (Å²) in [6, 6.07) is 20.9. The van der Waals surface area contributed by atoms with Gasteiger partial charge in [0, 0.05) is 32.2 Å². The summed E-state index contributed by atoms with van der Waals surface area (Å²) in [6.07, 6.45) is 0. The van der Waals surface area contributed by atoms with Crippen LogP contribution in [0.3, 0.4) is 0 Å². The van der Waals surface area contributed by atoms with Crippen LogP contribution in [-0.2, 0) is 17.8 Å². The van der Waals surface area contributed by atoms with Crippen LogP contribution < -0.4 is 20.4 Å². The van der Waals surface area contributed by atoms with Crippen molar-refractivity contribution in [3.05, 3.63) is 77.4 Å². The first-order chi connectivity index (χ1) is 16.2. The van der Waals surface area contributed by atoms with Crippen molar-refractivity contribution in [2.24, 2.45) is 0 Å². The molecule has 0 amide bonds. The average Bonchev–Trinajstić information content (AvgIpc) is 3.29. The summed E-state index contributed by atoms with van der Waals surface area (Å²) < 4.78 is 5.53. The first-order valence-corrected chi connectivity index (χ1v) is 11.7. The molecule has 1 aromatic heterocycles. The molecule has 2 N–H and O–H groups in total. The third kappa shape index (κ3) is 5.07. The Morgan fingerprint density at radius 1 is 0.909 bits per heavy atom. The van der Waals surface area contributed by atoms with Gasteiger partial charge in [0.2, 0.25) is 5.95 Å². The lowest BCUT2D eigenvalue weighted by molar-refractivity contribution is 0.122. The highest BCUT2D eigenvalue weighted by molar-refractivity contribution is 7.80. The zero-order valence-corrected chi connectivity index (χ0v) is 19.5. The van der Waals surface area contributed by atoms with Gasteiger partial charge in [-0.1, -0.05) is 54.6 Å². The number of nitrogens with zero attached hydrogens (tertiary/aromatic N) is 4. The summed E-state index contributed by atoms with van der Waals surface area (Å²) in [7, 11) is 0. The number of thiocarbonyl (C=S) groups is 1. The van der Waals surface area contributed by atoms with E-state index in [-0.39, 0.29) is 6.04 Å². The molecule has 2 aliphatic heterocycles. The number of hydrogen-bond acceptors (Lipinski definition) is 6. The van der Waals surface area contributed by atoms with Gasteiger partial charge in [-0.05, 0) is 35.8 Å². The minimum absolute atomic E-state index is 0.0705. The number of hydrogen-bond donors (Lipinski definition) is 2. The van der Waals surface area contributed by atoms with E-state index in [2.05, 4.69) is 69.8 Å². The highest BCUT2D eigenvalue weighted by Crippen LogP contribution is 2.30. The number of rotatable bonds is 5. The molecule has 3 aromatic rings. The van der Waals surface area contributed by atoms with Crippen molar-refractivity contribution in [2.75, 3.05) is 41.4 Å². The zero-order valence-electron chi connectivity index (χ0n) is 18.7. The van der Waals surface area contributed by atoms with E-state index < -0.39 is 0 Å². The van der Waals surface area contributed by atoms with Crippen molar-refractivity contribution < 1.29 is 4.74 Å². The predicted octanol–water partition coefficient (Wildman–Crippen LogP) is 3.88. The van der Waals surface area contributed by atoms with Gasteiger partial charge < -0.3 is 25.2 Å². The molecule has 0 bridgehead atoms. The monoisotopic (exact) mass is 460 g/mol. The van der Waals surface area contributed by atoms with Crippen molar-refractivity contribution in [3.63, 3.8) is 0 Å². The van der Waals surface area contributed by atoms with E-state index in [0.29, 0.717) is 24.3 Å². The van der Waals surface area contributed by atoms with Crippen LogP contribution in [0.2, 0.25) is 0 Å². The molecule has 0 radical (unpaired) electrons. The van der Waals surface area contributed by atoms with E-state index >= 15 is 0 Å². The van der Waals surface area contributed by atoms with Crippen LogP contribution in [0.15, 0.2) is 60.7 Å². The molecule has 2 aromatic carbocycles. The van der Waals surface area contributed by atoms with Crippen molar-refractivity contribution in [2.45, 2.75) is 26.1 Å². The van der Waals surface area contributed by atoms with Gasteiger partial charge in [-0.2, -0.15) is 9.97 Å². The van der Waals surface area contributed by atoms with Crippen LogP contribution in [0.5, 0.6) is 0 Å². The molecule has 0 spiro atoms. The first-order valence-electron chi connectivity index (χ1n) is 11.3. The van der Waals surface area contributed by atoms with E-state index in [1.807, 2.05) is 18.2 Å². The van der Waals surface area contributed by atoms with Crippen molar-refractivity contribution in [3.8, 4) is 0 Å². The molecule has 7 nitrogen and oxygen atoms in total. The van der Waals surface area contributed by atoms with E-state index in [4.69, 9.17) is 26.9 Å². The van der Waals surface area contributed by atoms with Crippen LogP contribution in [-0.4, -0.2) is 41.4 Å². The Morgan fingerprint density at radius 2 is 1.52 bits per heavy atom. The lowest BCUT2D eigenvalue weighted by Crippen LogP contribution is -2.37. The summed E-state index contributed by atoms with van der Waals surface area (Å²) in [5.41, 5.74) is 3.85. The van der Waals surface area contributed by atoms with Gasteiger partial charge >= 0.3 is 0 Å². The summed E-state index contributed by atoms with van der Waals surface area (Å²) >= 11 is 5.60. The highest BCUT2D eigenvalue weighted by Gasteiger charge is 2.23. The molecule has 0 saturated carbocycles. The van der Waals surface area contributed by atoms with Gasteiger partial charge in [0.1, 0.15) is 11.6 Å². The summed E-state index contributed by atoms with van der Waals surface area (Å²) in [6.45, 7) is 6.78. The summed E-state index contributed by atoms with van der Waals surface area (Å²) in [5.74, 6) is 2.28. The van der Waals surface area contributed by atoms with Crippen molar-refractivity contribution in [1.82, 2.24) is 15.3 Å². The van der Waals surface area contributed by atoms with E-state index in [1.54, 1.807) is 0 Å². The zero-order chi connectivity index (χ0) is 22.6. The molecule has 1 atom stereocenters. The summed E-state index contributed by atoms with van der Waals surface area (Å²) in [5, 5.41) is 7.06. The minimum atomic E-state index is 0.0705. The third-order valence-electron chi connectivity index (χ3n) is 6.07. The molecule has 0 aliphatic carbocycles. The Bertz CT molecular complexity index is 1090. The molecule has 1 saturated heterocycles. The molecule has 0 unspecified atom stereocenters. The molecule has 8 heteroatoms. The van der Waals surface area contributed by atoms with Crippen LogP contribution >= 0.6 is 12.2 Å². The van der Waals surface area contributed by atoms with Gasteiger partial charge in [-0.3, -0.25) is 0 Å². The minimum Gasteiger partial charge on any atom is -0.378 e. The van der Waals surface area contributed by atoms with Crippen LogP contribution in [0.1, 0.15) is 29.7 Å². The fraction of sp³-hybridized carbons (Fsp3) is 0.320. The Balaban J connectivity index is 1.37. The number of aromatic nitrogens is 2. The fourth-order valence-corrected chi connectivity index (χ4v) is 4.52. The SMILES string of the molecule is C[C@H](NC(=S)Nc1nc(N2CCOCC2)cc(N2Cc3ccccc3C2)n1)c1ccccc1. The largest absolute Gasteiger partial charge is 0.378 e. The van der Waals surface area contributed by atoms with Gasteiger partial charge in [-0.15, -0.1) is 0 Å². The molecule has 170 valence electrons. The Labute approximate surface area is 199 Å². The summed E-state index contributed by atoms with van der Waals surface area (Å²) in [4.78, 5) is 14.1. The van der Waals surface area contributed by atoms with Gasteiger partial charge in [0.25, 0.3) is 0 Å². The molecule has 2 aliphatic rings. The maximum atomic E-state index is 5.60. The Morgan fingerprint density at radius 3 is 2.18 bits per heavy atom. The maximum absolute atomic E-state index is 5.60. The number of morpholine rings is 1. The second-order valence-electron chi connectivity index (χ2n) is 8.36. The predicted molar refractivity (Wildman–Crippen MR) is 136 cm³/mol. The van der Waals surface area contributed by atoms with E-state index in [0.717, 1.165) is 37.8 Å². The first kappa shape index (κ1) is 21.6. The standard InChI is InChI=1S/C25H28N6OS/c1-18(19-7-3-2-4-8-19)26-25(33)29-24-27-22(30-11-13-32-14-12-30)15-23(28-24)31-16-20-9-5-6-10-21(20)17-31/h2-10,15,18H,11-14,16-17H2,1H3,(H2,26,27,28,29,33)/t18-/m0/s1. The average molecular weight is 461 g/mol. The Kier molecular flexibility index (Phi) is 6.37. The Hall–Kier alpha value is -3.23. The van der Waals surface area contributed by atoms with Gasteiger partial charge in [0.15, 0.2) is 5.11 Å². The van der Waals surface area contributed by atoms with E-state index in [9.17, 15) is 0 Å². The van der Waals surface area contributed by atoms with Crippen molar-refractivity contribution in [1.29, 1.82) is 0 Å². The molecular formula is C25H28N6OS. The van der Waals surface area contributed by atoms with Gasteiger partial charge in [-0.25, -0.2) is 0 Å². The number of ether oxygens (including phenoxy) is 1. The van der Waals surface area contributed by atoms with E-state index in [1.165, 1.54) is 16.7 Å². The molecular weight excluding hydrogens is 432 g/mol. The van der Waals surface area contributed by atoms with Gasteiger partial charge in [0.05, 0.1) is 19.3 Å².